The van der Waals surface area contributed by atoms with Gasteiger partial charge < -0.3 is 9.88 Å². The monoisotopic (exact) mass is 638 g/mol. The highest BCUT2D eigenvalue weighted by Gasteiger charge is 2.17. The van der Waals surface area contributed by atoms with E-state index in [0.717, 1.165) is 17.1 Å². The zero-order chi connectivity index (χ0) is 33.3. The van der Waals surface area contributed by atoms with E-state index in [1.54, 1.807) is 0 Å². The number of hydrogen-bond donors (Lipinski definition) is 1. The summed E-state index contributed by atoms with van der Waals surface area (Å²) in [5, 5.41) is 5.99. The number of nitrogens with one attached hydrogen (secondary N) is 1. The molecule has 50 heavy (non-hydrogen) atoms. The Balaban J connectivity index is 1.23. The molecule has 0 bridgehead atoms. The number of anilines is 2. The zero-order valence-corrected chi connectivity index (χ0v) is 27.5. The Morgan fingerprint density at radius 1 is 0.300 bits per heavy atom. The lowest BCUT2D eigenvalue weighted by atomic mass is 9.92. The lowest BCUT2D eigenvalue weighted by Gasteiger charge is -2.12. The van der Waals surface area contributed by atoms with Gasteiger partial charge in [0.15, 0.2) is 0 Å². The van der Waals surface area contributed by atoms with Crippen molar-refractivity contribution in [3.63, 3.8) is 0 Å². The van der Waals surface area contributed by atoms with Crippen LogP contribution < -0.4 is 5.32 Å². The predicted molar refractivity (Wildman–Crippen MR) is 212 cm³/mol. The fourth-order valence-corrected chi connectivity index (χ4v) is 7.23. The number of benzene rings is 8. The standard InChI is InChI=1S/C48H34N2/c1-4-14-34(15-5-1)41-20-10-12-22-43(41)36-24-30-47-45(32-36)46-33-37(44-23-13-11-21-42(44)35-16-6-2-7-17-35)25-31-48(46)50(47)40-28-26-39(27-29-40)49-38-18-8-3-9-19-38/h1-33,49H. The number of fused-ring (bicyclic) bond motifs is 3. The second-order valence-corrected chi connectivity index (χ2v) is 12.7. The van der Waals surface area contributed by atoms with E-state index in [-0.39, 0.29) is 0 Å². The maximum Gasteiger partial charge on any atom is 0.0541 e. The quantitative estimate of drug-likeness (QED) is 0.184. The molecular weight excluding hydrogens is 605 g/mol. The first-order chi connectivity index (χ1) is 24.8. The molecule has 0 unspecified atom stereocenters. The van der Waals surface area contributed by atoms with E-state index in [9.17, 15) is 0 Å². The van der Waals surface area contributed by atoms with Gasteiger partial charge in [-0.25, -0.2) is 0 Å². The van der Waals surface area contributed by atoms with Crippen LogP contribution in [0.1, 0.15) is 0 Å². The summed E-state index contributed by atoms with van der Waals surface area (Å²) in [5.74, 6) is 0. The van der Waals surface area contributed by atoms with E-state index in [2.05, 4.69) is 192 Å². The first kappa shape index (κ1) is 29.5. The third-order valence-corrected chi connectivity index (χ3v) is 9.60. The van der Waals surface area contributed by atoms with Crippen molar-refractivity contribution in [1.82, 2.24) is 4.57 Å². The second kappa shape index (κ2) is 12.8. The zero-order valence-electron chi connectivity index (χ0n) is 27.5. The van der Waals surface area contributed by atoms with Gasteiger partial charge in [0.05, 0.1) is 11.0 Å². The van der Waals surface area contributed by atoms with E-state index in [1.807, 2.05) is 18.2 Å². The molecule has 2 heteroatoms. The maximum atomic E-state index is 3.53. The first-order valence-corrected chi connectivity index (χ1v) is 17.1. The fraction of sp³-hybridized carbons (Fsp3) is 0. The minimum Gasteiger partial charge on any atom is -0.356 e. The molecule has 0 aliphatic heterocycles. The van der Waals surface area contributed by atoms with Crippen molar-refractivity contribution >= 4 is 33.2 Å². The summed E-state index contributed by atoms with van der Waals surface area (Å²) in [6.45, 7) is 0. The third-order valence-electron chi connectivity index (χ3n) is 9.60. The molecule has 0 aliphatic carbocycles. The van der Waals surface area contributed by atoms with Crippen LogP contribution in [-0.2, 0) is 0 Å². The van der Waals surface area contributed by atoms with Crippen LogP contribution in [-0.4, -0.2) is 4.57 Å². The van der Waals surface area contributed by atoms with Crippen molar-refractivity contribution in [2.45, 2.75) is 0 Å². The average molecular weight is 639 g/mol. The molecule has 236 valence electrons. The highest BCUT2D eigenvalue weighted by Crippen LogP contribution is 2.41. The van der Waals surface area contributed by atoms with Gasteiger partial charge in [0.1, 0.15) is 0 Å². The molecule has 0 fully saturated rings. The Bertz CT molecular complexity index is 2440. The van der Waals surface area contributed by atoms with E-state index in [0.29, 0.717) is 0 Å². The molecule has 0 saturated heterocycles. The highest BCUT2D eigenvalue weighted by atomic mass is 15.0. The lowest BCUT2D eigenvalue weighted by molar-refractivity contribution is 1.18. The molecule has 1 aromatic heterocycles. The van der Waals surface area contributed by atoms with Crippen molar-refractivity contribution in [2.75, 3.05) is 5.32 Å². The predicted octanol–water partition coefficient (Wildman–Crippen LogP) is 13.2. The summed E-state index contributed by atoms with van der Waals surface area (Å²) in [6, 6.07) is 71.8. The van der Waals surface area contributed by atoms with Crippen molar-refractivity contribution in [3.8, 4) is 50.2 Å². The maximum absolute atomic E-state index is 3.53. The smallest absolute Gasteiger partial charge is 0.0541 e. The molecule has 0 saturated carbocycles. The Morgan fingerprint density at radius 3 is 1.14 bits per heavy atom. The van der Waals surface area contributed by atoms with E-state index in [4.69, 9.17) is 0 Å². The Morgan fingerprint density at radius 2 is 0.680 bits per heavy atom. The minimum absolute atomic E-state index is 1.06. The van der Waals surface area contributed by atoms with Gasteiger partial charge in [0.2, 0.25) is 0 Å². The third kappa shape index (κ3) is 5.43. The normalized spacial score (nSPS) is 11.2. The van der Waals surface area contributed by atoms with Gasteiger partial charge in [-0.05, 0) is 105 Å². The average Bonchev–Trinajstić information content (AvgIpc) is 3.52. The molecule has 1 heterocycles. The summed E-state index contributed by atoms with van der Waals surface area (Å²) in [6.07, 6.45) is 0. The molecule has 2 nitrogen and oxygen atoms in total. The molecule has 0 aliphatic rings. The summed E-state index contributed by atoms with van der Waals surface area (Å²) >= 11 is 0. The molecule has 9 rings (SSSR count). The second-order valence-electron chi connectivity index (χ2n) is 12.7. The molecule has 0 atom stereocenters. The molecule has 8 aromatic carbocycles. The van der Waals surface area contributed by atoms with Gasteiger partial charge in [-0.1, -0.05) is 140 Å². The van der Waals surface area contributed by atoms with Crippen LogP contribution in [0.2, 0.25) is 0 Å². The SMILES string of the molecule is c1ccc(Nc2ccc(-n3c4ccc(-c5ccccc5-c5ccccc5)cc4c4cc(-c5ccccc5-c5ccccc5)ccc43)cc2)cc1. The molecule has 0 spiro atoms. The highest BCUT2D eigenvalue weighted by molar-refractivity contribution is 6.12. The lowest BCUT2D eigenvalue weighted by Crippen LogP contribution is -1.95. The van der Waals surface area contributed by atoms with Crippen molar-refractivity contribution < 1.29 is 0 Å². The fourth-order valence-electron chi connectivity index (χ4n) is 7.23. The van der Waals surface area contributed by atoms with Gasteiger partial charge in [-0.3, -0.25) is 0 Å². The number of aromatic nitrogens is 1. The van der Waals surface area contributed by atoms with Crippen molar-refractivity contribution in [3.05, 3.63) is 200 Å². The van der Waals surface area contributed by atoms with Gasteiger partial charge in [0.25, 0.3) is 0 Å². The molecular formula is C48H34N2. The Hall–Kier alpha value is -6.64. The van der Waals surface area contributed by atoms with E-state index < -0.39 is 0 Å². The van der Waals surface area contributed by atoms with Crippen LogP contribution in [0.25, 0.3) is 72.0 Å². The van der Waals surface area contributed by atoms with Crippen LogP contribution in [0.3, 0.4) is 0 Å². The topological polar surface area (TPSA) is 17.0 Å². The van der Waals surface area contributed by atoms with Crippen LogP contribution in [0.4, 0.5) is 11.4 Å². The van der Waals surface area contributed by atoms with Gasteiger partial charge >= 0.3 is 0 Å². The van der Waals surface area contributed by atoms with Crippen LogP contribution in [0.5, 0.6) is 0 Å². The first-order valence-electron chi connectivity index (χ1n) is 17.1. The number of para-hydroxylation sites is 1. The summed E-state index contributed by atoms with van der Waals surface area (Å²) in [4.78, 5) is 0. The van der Waals surface area contributed by atoms with Crippen LogP contribution >= 0.6 is 0 Å². The number of nitrogens with zero attached hydrogens (tertiary/aromatic N) is 1. The van der Waals surface area contributed by atoms with Crippen molar-refractivity contribution in [1.29, 1.82) is 0 Å². The summed E-state index contributed by atoms with van der Waals surface area (Å²) in [5.41, 5.74) is 15.4. The van der Waals surface area contributed by atoms with Gasteiger partial charge in [-0.2, -0.15) is 0 Å². The Kier molecular flexibility index (Phi) is 7.53. The van der Waals surface area contributed by atoms with E-state index >= 15 is 0 Å². The molecule has 9 aromatic rings. The van der Waals surface area contributed by atoms with Crippen molar-refractivity contribution in [2.24, 2.45) is 0 Å². The van der Waals surface area contributed by atoms with Crippen LogP contribution in [0.15, 0.2) is 200 Å². The van der Waals surface area contributed by atoms with Gasteiger partial charge in [0, 0.05) is 27.8 Å². The van der Waals surface area contributed by atoms with Gasteiger partial charge in [-0.15, -0.1) is 0 Å². The van der Waals surface area contributed by atoms with Crippen LogP contribution in [0, 0.1) is 0 Å². The molecule has 1 N–H and O–H groups in total. The number of rotatable bonds is 7. The Labute approximate surface area is 292 Å². The minimum atomic E-state index is 1.06. The largest absolute Gasteiger partial charge is 0.356 e. The summed E-state index contributed by atoms with van der Waals surface area (Å²) < 4.78 is 2.40. The summed E-state index contributed by atoms with van der Waals surface area (Å²) in [7, 11) is 0. The molecule has 0 amide bonds. The number of hydrogen-bond acceptors (Lipinski definition) is 1. The van der Waals surface area contributed by atoms with E-state index in [1.165, 1.54) is 66.3 Å². The molecule has 0 radical (unpaired) electrons.